The molecular weight excluding hydrogens is 358 g/mol. The number of nitrogens with two attached hydrogens (primary N) is 1. The average molecular weight is 384 g/mol. The highest BCUT2D eigenvalue weighted by atomic mass is 35.5. The number of benzene rings is 1. The molecule has 1 fully saturated rings. The highest BCUT2D eigenvalue weighted by molar-refractivity contribution is 6.31. The number of hydrogen-bond acceptors (Lipinski definition) is 5. The van der Waals surface area contributed by atoms with E-state index in [0.717, 1.165) is 12.8 Å². The lowest BCUT2D eigenvalue weighted by atomic mass is 9.96. The number of ether oxygens (including phenoxy) is 2. The van der Waals surface area contributed by atoms with Crippen LogP contribution >= 0.6 is 11.6 Å². The molecule has 1 saturated heterocycles. The summed E-state index contributed by atoms with van der Waals surface area (Å²) in [5.74, 6) is -0.00527. The number of amides is 2. The molecular formula is C18H26ClN3O4. The third-order valence-electron chi connectivity index (χ3n) is 4.24. The van der Waals surface area contributed by atoms with E-state index in [1.54, 1.807) is 30.2 Å². The van der Waals surface area contributed by atoms with Gasteiger partial charge in [-0.1, -0.05) is 11.6 Å². The van der Waals surface area contributed by atoms with Gasteiger partial charge in [0.1, 0.15) is 12.4 Å². The second-order valence-electron chi connectivity index (χ2n) is 6.15. The summed E-state index contributed by atoms with van der Waals surface area (Å²) in [5.41, 5.74) is 5.82. The fourth-order valence-electron chi connectivity index (χ4n) is 2.92. The molecule has 0 aliphatic carbocycles. The largest absolute Gasteiger partial charge is 0.490 e. The van der Waals surface area contributed by atoms with Gasteiger partial charge in [0.2, 0.25) is 5.91 Å². The molecule has 0 radical (unpaired) electrons. The molecule has 0 aromatic heterocycles. The molecule has 26 heavy (non-hydrogen) atoms. The standard InChI is InChI=1S/C18H26ClN3O4/c1-25-9-10-26-16-5-4-14(19)11-15(16)18(24)22-8-2-3-13(12-22)17(23)21-7-6-20/h4-5,11,13H,2-3,6-10,12,20H2,1H3,(H,21,23). The minimum Gasteiger partial charge on any atom is -0.490 e. The number of nitrogens with zero attached hydrogens (tertiary/aromatic N) is 1. The first kappa shape index (κ1) is 20.5. The van der Waals surface area contributed by atoms with Crippen LogP contribution in [0.2, 0.25) is 5.02 Å². The average Bonchev–Trinajstić information content (AvgIpc) is 2.66. The van der Waals surface area contributed by atoms with Crippen molar-refractivity contribution < 1.29 is 19.1 Å². The van der Waals surface area contributed by atoms with E-state index < -0.39 is 0 Å². The minimum absolute atomic E-state index is 0.0596. The van der Waals surface area contributed by atoms with Gasteiger partial charge in [-0.05, 0) is 31.0 Å². The van der Waals surface area contributed by atoms with Gasteiger partial charge in [-0.15, -0.1) is 0 Å². The van der Waals surface area contributed by atoms with Crippen LogP contribution in [0.3, 0.4) is 0 Å². The van der Waals surface area contributed by atoms with Crippen molar-refractivity contribution in [1.29, 1.82) is 0 Å². The normalized spacial score (nSPS) is 17.0. The third kappa shape index (κ3) is 5.59. The lowest BCUT2D eigenvalue weighted by molar-refractivity contribution is -0.126. The number of carbonyl (C=O) groups is 2. The highest BCUT2D eigenvalue weighted by Gasteiger charge is 2.30. The summed E-state index contributed by atoms with van der Waals surface area (Å²) in [4.78, 5) is 26.9. The summed E-state index contributed by atoms with van der Waals surface area (Å²) in [5, 5.41) is 3.25. The Morgan fingerprint density at radius 1 is 1.38 bits per heavy atom. The Bertz CT molecular complexity index is 626. The Kier molecular flexibility index (Phi) is 8.15. The van der Waals surface area contributed by atoms with E-state index >= 15 is 0 Å². The number of halogens is 1. The van der Waals surface area contributed by atoms with Crippen molar-refractivity contribution >= 4 is 23.4 Å². The molecule has 0 saturated carbocycles. The summed E-state index contributed by atoms with van der Waals surface area (Å²) in [6.07, 6.45) is 1.53. The summed E-state index contributed by atoms with van der Waals surface area (Å²) < 4.78 is 10.6. The third-order valence-corrected chi connectivity index (χ3v) is 4.48. The van der Waals surface area contributed by atoms with Gasteiger partial charge in [0, 0.05) is 38.3 Å². The van der Waals surface area contributed by atoms with Crippen molar-refractivity contribution in [2.75, 3.05) is 46.5 Å². The van der Waals surface area contributed by atoms with Gasteiger partial charge < -0.3 is 25.4 Å². The van der Waals surface area contributed by atoms with Crippen LogP contribution < -0.4 is 15.8 Å². The Labute approximate surface area is 158 Å². The van der Waals surface area contributed by atoms with E-state index in [1.807, 2.05) is 0 Å². The topological polar surface area (TPSA) is 93.9 Å². The van der Waals surface area contributed by atoms with E-state index in [2.05, 4.69) is 5.32 Å². The monoisotopic (exact) mass is 383 g/mol. The zero-order valence-corrected chi connectivity index (χ0v) is 15.8. The maximum absolute atomic E-state index is 13.0. The van der Waals surface area contributed by atoms with Crippen LogP contribution in [0.5, 0.6) is 5.75 Å². The van der Waals surface area contributed by atoms with Crippen molar-refractivity contribution in [3.8, 4) is 5.75 Å². The van der Waals surface area contributed by atoms with Crippen LogP contribution in [0.4, 0.5) is 0 Å². The van der Waals surface area contributed by atoms with Gasteiger partial charge in [0.25, 0.3) is 5.91 Å². The van der Waals surface area contributed by atoms with Gasteiger partial charge in [0.05, 0.1) is 18.1 Å². The molecule has 1 heterocycles. The van der Waals surface area contributed by atoms with Crippen LogP contribution in [0.25, 0.3) is 0 Å². The minimum atomic E-state index is -0.226. The fourth-order valence-corrected chi connectivity index (χ4v) is 3.09. The molecule has 1 aromatic rings. The summed E-state index contributed by atoms with van der Waals surface area (Å²) in [6.45, 7) is 2.57. The van der Waals surface area contributed by atoms with Crippen LogP contribution in [-0.4, -0.2) is 63.2 Å². The SMILES string of the molecule is COCCOc1ccc(Cl)cc1C(=O)N1CCCC(C(=O)NCCN)C1. The molecule has 8 heteroatoms. The zero-order valence-electron chi connectivity index (χ0n) is 15.0. The second-order valence-corrected chi connectivity index (χ2v) is 6.59. The molecule has 0 bridgehead atoms. The Morgan fingerprint density at radius 3 is 2.92 bits per heavy atom. The molecule has 1 atom stereocenters. The predicted molar refractivity (Wildman–Crippen MR) is 99.5 cm³/mol. The first-order chi connectivity index (χ1) is 12.6. The van der Waals surface area contributed by atoms with Crippen molar-refractivity contribution in [3.63, 3.8) is 0 Å². The first-order valence-electron chi connectivity index (χ1n) is 8.75. The summed E-state index contributed by atoms with van der Waals surface area (Å²) in [7, 11) is 1.58. The summed E-state index contributed by atoms with van der Waals surface area (Å²) in [6, 6.07) is 4.96. The van der Waals surface area contributed by atoms with E-state index in [-0.39, 0.29) is 17.7 Å². The first-order valence-corrected chi connectivity index (χ1v) is 9.13. The molecule has 1 aromatic carbocycles. The van der Waals surface area contributed by atoms with Crippen LogP contribution in [0.1, 0.15) is 23.2 Å². The molecule has 1 unspecified atom stereocenters. The smallest absolute Gasteiger partial charge is 0.257 e. The highest BCUT2D eigenvalue weighted by Crippen LogP contribution is 2.27. The number of likely N-dealkylation sites (tertiary alicyclic amines) is 1. The van der Waals surface area contributed by atoms with Gasteiger partial charge in [-0.3, -0.25) is 9.59 Å². The summed E-state index contributed by atoms with van der Waals surface area (Å²) >= 11 is 6.07. The Morgan fingerprint density at radius 2 is 2.19 bits per heavy atom. The molecule has 3 N–H and O–H groups in total. The van der Waals surface area contributed by atoms with Gasteiger partial charge in [-0.25, -0.2) is 0 Å². The molecule has 1 aliphatic heterocycles. The maximum Gasteiger partial charge on any atom is 0.257 e. The van der Waals surface area contributed by atoms with Crippen LogP contribution in [-0.2, 0) is 9.53 Å². The predicted octanol–water partition coefficient (Wildman–Crippen LogP) is 1.29. The number of hydrogen-bond donors (Lipinski definition) is 2. The fraction of sp³-hybridized carbons (Fsp3) is 0.556. The number of piperidine rings is 1. The number of methoxy groups -OCH3 is 1. The molecule has 2 rings (SSSR count). The lowest BCUT2D eigenvalue weighted by Gasteiger charge is -2.32. The van der Waals surface area contributed by atoms with Crippen molar-refractivity contribution in [1.82, 2.24) is 10.2 Å². The van der Waals surface area contributed by atoms with Gasteiger partial charge in [-0.2, -0.15) is 0 Å². The zero-order chi connectivity index (χ0) is 18.9. The van der Waals surface area contributed by atoms with E-state index in [0.29, 0.717) is 55.7 Å². The van der Waals surface area contributed by atoms with Gasteiger partial charge in [0.15, 0.2) is 0 Å². The van der Waals surface area contributed by atoms with Crippen molar-refractivity contribution in [3.05, 3.63) is 28.8 Å². The molecule has 0 spiro atoms. The van der Waals surface area contributed by atoms with Crippen molar-refractivity contribution in [2.24, 2.45) is 11.7 Å². The van der Waals surface area contributed by atoms with E-state index in [4.69, 9.17) is 26.8 Å². The maximum atomic E-state index is 13.0. The lowest BCUT2D eigenvalue weighted by Crippen LogP contribution is -2.46. The molecule has 144 valence electrons. The molecule has 7 nitrogen and oxygen atoms in total. The van der Waals surface area contributed by atoms with Crippen LogP contribution in [0.15, 0.2) is 18.2 Å². The number of rotatable bonds is 8. The number of nitrogens with one attached hydrogen (secondary N) is 1. The quantitative estimate of drug-likeness (QED) is 0.660. The Balaban J connectivity index is 2.09. The van der Waals surface area contributed by atoms with Crippen molar-refractivity contribution in [2.45, 2.75) is 12.8 Å². The van der Waals surface area contributed by atoms with E-state index in [1.165, 1.54) is 0 Å². The molecule has 2 amide bonds. The van der Waals surface area contributed by atoms with E-state index in [9.17, 15) is 9.59 Å². The number of carbonyl (C=O) groups excluding carboxylic acids is 2. The second kappa shape index (κ2) is 10.4. The molecule has 1 aliphatic rings. The van der Waals surface area contributed by atoms with Gasteiger partial charge >= 0.3 is 0 Å². The van der Waals surface area contributed by atoms with Crippen LogP contribution in [0, 0.1) is 5.92 Å². The Hall–Kier alpha value is -1.83.